The molecule has 0 atom stereocenters. The summed E-state index contributed by atoms with van der Waals surface area (Å²) in [7, 11) is 0. The maximum Gasteiger partial charge on any atom is 0.264 e. The predicted octanol–water partition coefficient (Wildman–Crippen LogP) is 7.43. The molecule has 32 heavy (non-hydrogen) atoms. The SMILES string of the molecule is O=C1NC(=Nc2ccc(F)cc2)S/C1=C/c1cc(Br)c(OCc2ccc(I)cc2)c(Br)c1. The number of carbonyl (C=O) groups excluding carboxylic acids is 1. The molecule has 1 aliphatic rings. The number of nitrogens with one attached hydrogen (secondary N) is 1. The van der Waals surface area contributed by atoms with Gasteiger partial charge >= 0.3 is 0 Å². The van der Waals surface area contributed by atoms with Gasteiger partial charge in [0.15, 0.2) is 5.17 Å². The molecule has 1 fully saturated rings. The van der Waals surface area contributed by atoms with Crippen molar-refractivity contribution in [2.45, 2.75) is 6.61 Å². The zero-order valence-corrected chi connectivity index (χ0v) is 22.4. The highest BCUT2D eigenvalue weighted by Crippen LogP contribution is 2.37. The van der Waals surface area contributed by atoms with Gasteiger partial charge < -0.3 is 10.1 Å². The molecule has 9 heteroatoms. The Morgan fingerprint density at radius 3 is 2.38 bits per heavy atom. The Hall–Kier alpha value is -1.69. The lowest BCUT2D eigenvalue weighted by Crippen LogP contribution is -2.19. The van der Waals surface area contributed by atoms with Gasteiger partial charge in [-0.15, -0.1) is 0 Å². The van der Waals surface area contributed by atoms with Crippen molar-refractivity contribution in [1.82, 2.24) is 5.32 Å². The Morgan fingerprint density at radius 1 is 1.06 bits per heavy atom. The molecule has 1 N–H and O–H groups in total. The molecule has 0 spiro atoms. The highest BCUT2D eigenvalue weighted by Gasteiger charge is 2.24. The van der Waals surface area contributed by atoms with Crippen LogP contribution in [0.1, 0.15) is 11.1 Å². The number of amides is 1. The van der Waals surface area contributed by atoms with Crippen molar-refractivity contribution in [3.05, 3.63) is 95.0 Å². The number of amidine groups is 1. The summed E-state index contributed by atoms with van der Waals surface area (Å²) in [5.74, 6) is 0.120. The summed E-state index contributed by atoms with van der Waals surface area (Å²) in [6.45, 7) is 0.440. The summed E-state index contributed by atoms with van der Waals surface area (Å²) in [5.41, 5.74) is 2.46. The summed E-state index contributed by atoms with van der Waals surface area (Å²) in [5, 5.41) is 3.18. The Bertz CT molecular complexity index is 1210. The summed E-state index contributed by atoms with van der Waals surface area (Å²) >= 11 is 10.6. The maximum absolute atomic E-state index is 13.1. The Balaban J connectivity index is 1.49. The molecule has 1 aliphatic heterocycles. The Morgan fingerprint density at radius 2 is 1.72 bits per heavy atom. The quantitative estimate of drug-likeness (QED) is 0.224. The van der Waals surface area contributed by atoms with E-state index in [0.29, 0.717) is 28.1 Å². The van der Waals surface area contributed by atoms with Crippen LogP contribution in [-0.2, 0) is 11.4 Å². The summed E-state index contributed by atoms with van der Waals surface area (Å²) in [4.78, 5) is 17.2. The molecule has 0 saturated carbocycles. The Kier molecular flexibility index (Phi) is 7.70. The van der Waals surface area contributed by atoms with Crippen LogP contribution in [0.2, 0.25) is 0 Å². The van der Waals surface area contributed by atoms with Crippen LogP contribution in [0.3, 0.4) is 0 Å². The highest BCUT2D eigenvalue weighted by molar-refractivity contribution is 14.1. The minimum Gasteiger partial charge on any atom is -0.487 e. The molecule has 0 aromatic heterocycles. The van der Waals surface area contributed by atoms with Gasteiger partial charge in [-0.1, -0.05) is 12.1 Å². The van der Waals surface area contributed by atoms with Crippen LogP contribution in [0.15, 0.2) is 79.5 Å². The van der Waals surface area contributed by atoms with E-state index in [1.807, 2.05) is 36.4 Å². The van der Waals surface area contributed by atoms with E-state index >= 15 is 0 Å². The second kappa shape index (κ2) is 10.5. The van der Waals surface area contributed by atoms with Crippen LogP contribution in [0, 0.1) is 9.39 Å². The molecule has 162 valence electrons. The molecule has 0 unspecified atom stereocenters. The molecule has 0 bridgehead atoms. The molecular formula is C23H14Br2FIN2O2S. The van der Waals surface area contributed by atoms with Crippen LogP contribution in [0.25, 0.3) is 6.08 Å². The predicted molar refractivity (Wildman–Crippen MR) is 143 cm³/mol. The molecule has 1 saturated heterocycles. The maximum atomic E-state index is 13.1. The third kappa shape index (κ3) is 6.00. The summed E-state index contributed by atoms with van der Waals surface area (Å²) in [6.07, 6.45) is 1.78. The number of aliphatic imine (C=N–C) groups is 1. The first-order valence-corrected chi connectivity index (χ1v) is 12.8. The van der Waals surface area contributed by atoms with Crippen LogP contribution in [0.4, 0.5) is 10.1 Å². The smallest absolute Gasteiger partial charge is 0.264 e. The fourth-order valence-corrected chi connectivity index (χ4v) is 5.45. The van der Waals surface area contributed by atoms with E-state index < -0.39 is 0 Å². The van der Waals surface area contributed by atoms with Crippen molar-refractivity contribution in [3.8, 4) is 5.75 Å². The van der Waals surface area contributed by atoms with E-state index in [2.05, 4.69) is 64.8 Å². The first kappa shape index (κ1) is 23.5. The van der Waals surface area contributed by atoms with E-state index in [4.69, 9.17) is 4.74 Å². The number of nitrogens with zero attached hydrogens (tertiary/aromatic N) is 1. The number of rotatable bonds is 5. The zero-order chi connectivity index (χ0) is 22.7. The number of benzene rings is 3. The van der Waals surface area contributed by atoms with Crippen molar-refractivity contribution in [2.24, 2.45) is 4.99 Å². The molecular weight excluding hydrogens is 674 g/mol. The van der Waals surface area contributed by atoms with Gasteiger partial charge in [-0.05, 0) is 132 Å². The van der Waals surface area contributed by atoms with Crippen LogP contribution in [0.5, 0.6) is 5.75 Å². The molecule has 4 nitrogen and oxygen atoms in total. The van der Waals surface area contributed by atoms with Gasteiger partial charge in [0.1, 0.15) is 18.2 Å². The zero-order valence-electron chi connectivity index (χ0n) is 16.2. The first-order valence-electron chi connectivity index (χ1n) is 9.29. The molecule has 4 rings (SSSR count). The van der Waals surface area contributed by atoms with E-state index in [1.54, 1.807) is 18.2 Å². The van der Waals surface area contributed by atoms with Gasteiger partial charge in [0.25, 0.3) is 5.91 Å². The van der Waals surface area contributed by atoms with Crippen molar-refractivity contribution in [2.75, 3.05) is 0 Å². The number of halogens is 4. The lowest BCUT2D eigenvalue weighted by molar-refractivity contribution is -0.115. The Labute approximate surface area is 219 Å². The molecule has 3 aromatic carbocycles. The second-order valence-electron chi connectivity index (χ2n) is 6.69. The average Bonchev–Trinajstić information content (AvgIpc) is 3.09. The van der Waals surface area contributed by atoms with Crippen LogP contribution >= 0.6 is 66.2 Å². The van der Waals surface area contributed by atoms with Crippen molar-refractivity contribution in [3.63, 3.8) is 0 Å². The van der Waals surface area contributed by atoms with Gasteiger partial charge in [0, 0.05) is 3.57 Å². The minimum absolute atomic E-state index is 0.234. The number of carbonyl (C=O) groups is 1. The average molecular weight is 688 g/mol. The van der Waals surface area contributed by atoms with Gasteiger partial charge in [0.05, 0.1) is 19.5 Å². The normalized spacial score (nSPS) is 15.9. The van der Waals surface area contributed by atoms with E-state index in [9.17, 15) is 9.18 Å². The molecule has 1 amide bonds. The number of hydrogen-bond acceptors (Lipinski definition) is 4. The largest absolute Gasteiger partial charge is 0.487 e. The van der Waals surface area contributed by atoms with E-state index in [0.717, 1.165) is 20.1 Å². The van der Waals surface area contributed by atoms with Gasteiger partial charge in [-0.3, -0.25) is 4.79 Å². The van der Waals surface area contributed by atoms with Crippen molar-refractivity contribution >= 4 is 89.1 Å². The van der Waals surface area contributed by atoms with Crippen LogP contribution in [-0.4, -0.2) is 11.1 Å². The van der Waals surface area contributed by atoms with E-state index in [-0.39, 0.29) is 11.7 Å². The fourth-order valence-electron chi connectivity index (χ4n) is 2.80. The number of hydrogen-bond donors (Lipinski definition) is 1. The highest BCUT2D eigenvalue weighted by atomic mass is 127. The molecule has 3 aromatic rings. The number of ether oxygens (including phenoxy) is 1. The second-order valence-corrected chi connectivity index (χ2v) is 10.7. The third-order valence-electron chi connectivity index (χ3n) is 4.32. The van der Waals surface area contributed by atoms with Crippen molar-refractivity contribution in [1.29, 1.82) is 0 Å². The minimum atomic E-state index is -0.334. The van der Waals surface area contributed by atoms with Crippen molar-refractivity contribution < 1.29 is 13.9 Å². The summed E-state index contributed by atoms with van der Waals surface area (Å²) < 4.78 is 21.8. The number of thioether (sulfide) groups is 1. The van der Waals surface area contributed by atoms with Gasteiger partial charge in [-0.25, -0.2) is 9.38 Å². The lowest BCUT2D eigenvalue weighted by atomic mass is 10.2. The molecule has 0 aliphatic carbocycles. The first-order chi connectivity index (χ1) is 15.4. The fraction of sp³-hybridized carbons (Fsp3) is 0.0435. The molecule has 1 heterocycles. The molecule has 0 radical (unpaired) electrons. The van der Waals surface area contributed by atoms with E-state index in [1.165, 1.54) is 27.5 Å². The van der Waals surface area contributed by atoms with Gasteiger partial charge in [-0.2, -0.15) is 0 Å². The monoisotopic (exact) mass is 686 g/mol. The topological polar surface area (TPSA) is 50.7 Å². The van der Waals surface area contributed by atoms with Gasteiger partial charge in [0.2, 0.25) is 0 Å². The lowest BCUT2D eigenvalue weighted by Gasteiger charge is -2.12. The van der Waals surface area contributed by atoms with Crippen LogP contribution < -0.4 is 10.1 Å². The summed E-state index contributed by atoms with van der Waals surface area (Å²) in [6, 6.07) is 17.7. The standard InChI is InChI=1S/C23H14Br2FIN2O2S/c24-18-9-14(10-19(25)21(18)31-12-13-1-5-16(27)6-2-13)11-20-22(30)29-23(32-20)28-17-7-3-15(26)4-8-17/h1-11H,12H2,(H,28,29,30)/b20-11+. The third-order valence-corrected chi connectivity index (χ3v) is 7.13.